The van der Waals surface area contributed by atoms with Crippen molar-refractivity contribution in [3.05, 3.63) is 47.5 Å². The molecule has 0 spiro atoms. The Bertz CT molecular complexity index is 1580. The van der Waals surface area contributed by atoms with Crippen LogP contribution in [0.1, 0.15) is 15.9 Å². The smallest absolute Gasteiger partial charge is 0.340 e. The van der Waals surface area contributed by atoms with Crippen molar-refractivity contribution < 1.29 is 22.7 Å². The number of terminal acetylenes is 1. The Balaban J connectivity index is 2.00. The summed E-state index contributed by atoms with van der Waals surface area (Å²) in [5, 5.41) is 0.776. The van der Waals surface area contributed by atoms with E-state index in [0.717, 1.165) is 15.3 Å². The van der Waals surface area contributed by atoms with Crippen LogP contribution in [0.15, 0.2) is 41.3 Å². The van der Waals surface area contributed by atoms with Crippen LogP contribution in [0.3, 0.4) is 0 Å². The lowest BCUT2D eigenvalue weighted by Crippen LogP contribution is -2.23. The van der Waals surface area contributed by atoms with Crippen LogP contribution in [-0.2, 0) is 14.8 Å². The number of carbonyl (C=O) groups is 1. The molecule has 0 unspecified atom stereocenters. The average Bonchev–Trinajstić information content (AvgIpc) is 3.25. The van der Waals surface area contributed by atoms with E-state index in [4.69, 9.17) is 15.9 Å². The maximum atomic E-state index is 12.9. The third-order valence-electron chi connectivity index (χ3n) is 5.23. The summed E-state index contributed by atoms with van der Waals surface area (Å²) in [7, 11) is 0.281. The zero-order chi connectivity index (χ0) is 24.6. The number of ether oxygens (including phenoxy) is 2. The molecule has 10 heteroatoms. The first-order valence-corrected chi connectivity index (χ1v) is 11.6. The van der Waals surface area contributed by atoms with Crippen molar-refractivity contribution >= 4 is 37.9 Å². The van der Waals surface area contributed by atoms with Crippen molar-refractivity contribution in [2.24, 2.45) is 0 Å². The van der Waals surface area contributed by atoms with Gasteiger partial charge in [0.1, 0.15) is 22.7 Å². The minimum Gasteiger partial charge on any atom is -0.477 e. The van der Waals surface area contributed by atoms with Crippen LogP contribution in [0.25, 0.3) is 33.5 Å². The SMILES string of the molecule is C#CCOc1c(S(=O)(=O)N(C)C)ccc2[nH]c(-c3nc4ccc(C)cc4cc3C(=O)OC)nc12. The van der Waals surface area contributed by atoms with Gasteiger partial charge in [0.2, 0.25) is 10.0 Å². The number of nitrogens with one attached hydrogen (secondary N) is 1. The summed E-state index contributed by atoms with van der Waals surface area (Å²) in [6.07, 6.45) is 5.34. The molecule has 0 aliphatic heterocycles. The van der Waals surface area contributed by atoms with E-state index in [-0.39, 0.29) is 39.9 Å². The summed E-state index contributed by atoms with van der Waals surface area (Å²) in [5.41, 5.74) is 2.89. The fourth-order valence-electron chi connectivity index (χ4n) is 3.54. The lowest BCUT2D eigenvalue weighted by molar-refractivity contribution is 0.0601. The highest BCUT2D eigenvalue weighted by atomic mass is 32.2. The van der Waals surface area contributed by atoms with Gasteiger partial charge in [-0.05, 0) is 37.3 Å². The fraction of sp³-hybridized carbons (Fsp3) is 0.208. The number of H-pyrrole nitrogens is 1. The van der Waals surface area contributed by atoms with Gasteiger partial charge in [-0.1, -0.05) is 17.6 Å². The summed E-state index contributed by atoms with van der Waals surface area (Å²) in [5.74, 6) is 2.03. The van der Waals surface area contributed by atoms with E-state index in [9.17, 15) is 13.2 Å². The highest BCUT2D eigenvalue weighted by molar-refractivity contribution is 7.89. The van der Waals surface area contributed by atoms with E-state index in [1.807, 2.05) is 25.1 Å². The molecule has 2 heterocycles. The fourth-order valence-corrected chi connectivity index (χ4v) is 4.56. The molecule has 2 aromatic carbocycles. The van der Waals surface area contributed by atoms with Crippen molar-refractivity contribution in [1.82, 2.24) is 19.3 Å². The van der Waals surface area contributed by atoms with Gasteiger partial charge >= 0.3 is 5.97 Å². The number of nitrogens with zero attached hydrogens (tertiary/aromatic N) is 3. The Kier molecular flexibility index (Phi) is 6.00. The van der Waals surface area contributed by atoms with Crippen LogP contribution in [0.5, 0.6) is 5.75 Å². The van der Waals surface area contributed by atoms with Crippen LogP contribution >= 0.6 is 0 Å². The minimum absolute atomic E-state index is 0.0164. The van der Waals surface area contributed by atoms with Gasteiger partial charge in [0.05, 0.1) is 23.7 Å². The zero-order valence-electron chi connectivity index (χ0n) is 19.0. The third-order valence-corrected chi connectivity index (χ3v) is 7.07. The van der Waals surface area contributed by atoms with E-state index in [2.05, 4.69) is 20.9 Å². The van der Waals surface area contributed by atoms with Crippen LogP contribution in [0.2, 0.25) is 0 Å². The summed E-state index contributed by atoms with van der Waals surface area (Å²) >= 11 is 0. The molecule has 0 saturated heterocycles. The Labute approximate surface area is 196 Å². The van der Waals surface area contributed by atoms with Gasteiger partial charge < -0.3 is 14.5 Å². The lowest BCUT2D eigenvalue weighted by Gasteiger charge is -2.15. The number of pyridine rings is 1. The number of fused-ring (bicyclic) bond motifs is 2. The van der Waals surface area contributed by atoms with Gasteiger partial charge in [-0.15, -0.1) is 6.42 Å². The molecular weight excluding hydrogens is 456 g/mol. The number of benzene rings is 2. The summed E-state index contributed by atoms with van der Waals surface area (Å²) < 4.78 is 37.4. The number of aromatic amines is 1. The third kappa shape index (κ3) is 3.96. The second-order valence-electron chi connectivity index (χ2n) is 7.73. The van der Waals surface area contributed by atoms with Gasteiger partial charge in [0, 0.05) is 19.5 Å². The van der Waals surface area contributed by atoms with E-state index in [1.165, 1.54) is 27.3 Å². The molecule has 0 amide bonds. The molecule has 0 fully saturated rings. The van der Waals surface area contributed by atoms with Crippen LogP contribution in [-0.4, -0.2) is 61.5 Å². The molecular formula is C24H22N4O5S. The van der Waals surface area contributed by atoms with Gasteiger partial charge in [0.25, 0.3) is 0 Å². The maximum absolute atomic E-state index is 12.9. The van der Waals surface area contributed by atoms with E-state index >= 15 is 0 Å². The number of methoxy groups -OCH3 is 1. The molecule has 34 heavy (non-hydrogen) atoms. The van der Waals surface area contributed by atoms with E-state index in [1.54, 1.807) is 12.1 Å². The van der Waals surface area contributed by atoms with Gasteiger partial charge in [0.15, 0.2) is 11.6 Å². The molecule has 0 atom stereocenters. The number of esters is 1. The molecule has 0 radical (unpaired) electrons. The Morgan fingerprint density at radius 1 is 1.18 bits per heavy atom. The number of carbonyl (C=O) groups excluding carboxylic acids is 1. The zero-order valence-corrected chi connectivity index (χ0v) is 19.9. The van der Waals surface area contributed by atoms with Crippen molar-refractivity contribution in [2.75, 3.05) is 27.8 Å². The predicted molar refractivity (Wildman–Crippen MR) is 128 cm³/mol. The number of hydrogen-bond donors (Lipinski definition) is 1. The average molecular weight is 479 g/mol. The largest absolute Gasteiger partial charge is 0.477 e. The van der Waals surface area contributed by atoms with E-state index in [0.29, 0.717) is 11.0 Å². The predicted octanol–water partition coefficient (Wildman–Crippen LogP) is 3.14. The number of aromatic nitrogens is 3. The Hall–Kier alpha value is -3.94. The number of hydrogen-bond acceptors (Lipinski definition) is 7. The molecule has 0 aliphatic rings. The maximum Gasteiger partial charge on any atom is 0.340 e. The molecule has 4 rings (SSSR count). The summed E-state index contributed by atoms with van der Waals surface area (Å²) in [4.78, 5) is 24.8. The van der Waals surface area contributed by atoms with Gasteiger partial charge in [-0.2, -0.15) is 0 Å². The van der Waals surface area contributed by atoms with Crippen molar-refractivity contribution in [1.29, 1.82) is 0 Å². The molecule has 9 nitrogen and oxygen atoms in total. The highest BCUT2D eigenvalue weighted by Gasteiger charge is 2.27. The van der Waals surface area contributed by atoms with Crippen LogP contribution in [0, 0.1) is 19.3 Å². The summed E-state index contributed by atoms with van der Waals surface area (Å²) in [6.45, 7) is 1.79. The molecule has 2 aromatic heterocycles. The number of sulfonamides is 1. The quantitative estimate of drug-likeness (QED) is 0.334. The number of imidazole rings is 1. The van der Waals surface area contributed by atoms with Crippen molar-refractivity contribution in [3.63, 3.8) is 0 Å². The summed E-state index contributed by atoms with van der Waals surface area (Å²) in [6, 6.07) is 10.4. The first-order valence-electron chi connectivity index (χ1n) is 10.2. The first-order chi connectivity index (χ1) is 16.2. The minimum atomic E-state index is -3.85. The first kappa shape index (κ1) is 23.2. The van der Waals surface area contributed by atoms with Gasteiger partial charge in [-0.3, -0.25) is 0 Å². The Morgan fingerprint density at radius 3 is 2.62 bits per heavy atom. The molecule has 0 aliphatic carbocycles. The molecule has 1 N–H and O–H groups in total. The standard InChI is InChI=1S/C24H22N4O5S/c1-6-11-33-22-19(34(30,31)28(3)4)10-9-18-21(22)27-23(26-18)20-16(24(29)32-5)13-15-12-14(2)7-8-17(15)25-20/h1,7-10,12-13H,11H2,2-5H3,(H,26,27). The monoisotopic (exact) mass is 478 g/mol. The van der Waals surface area contributed by atoms with Crippen molar-refractivity contribution in [2.45, 2.75) is 11.8 Å². The molecule has 174 valence electrons. The van der Waals surface area contributed by atoms with Gasteiger partial charge in [-0.25, -0.2) is 27.5 Å². The number of aryl methyl sites for hydroxylation is 1. The normalized spacial score (nSPS) is 11.6. The van der Waals surface area contributed by atoms with Crippen LogP contribution in [0.4, 0.5) is 0 Å². The highest BCUT2D eigenvalue weighted by Crippen LogP contribution is 2.35. The van der Waals surface area contributed by atoms with Crippen LogP contribution < -0.4 is 4.74 Å². The number of rotatable bonds is 6. The Morgan fingerprint density at radius 2 is 1.94 bits per heavy atom. The topological polar surface area (TPSA) is 114 Å². The van der Waals surface area contributed by atoms with Crippen molar-refractivity contribution in [3.8, 4) is 29.6 Å². The second-order valence-corrected chi connectivity index (χ2v) is 9.85. The second kappa shape index (κ2) is 8.78. The molecule has 0 saturated carbocycles. The molecule has 0 bridgehead atoms. The molecule has 4 aromatic rings. The lowest BCUT2D eigenvalue weighted by atomic mass is 10.1. The van der Waals surface area contributed by atoms with E-state index < -0.39 is 16.0 Å².